The van der Waals surface area contributed by atoms with Gasteiger partial charge in [0.15, 0.2) is 9.84 Å². The summed E-state index contributed by atoms with van der Waals surface area (Å²) in [5.41, 5.74) is 0. The van der Waals surface area contributed by atoms with Crippen LogP contribution in [0.15, 0.2) is 12.1 Å². The Labute approximate surface area is 109 Å². The first-order chi connectivity index (χ1) is 8.46. The molecular weight excluding hydrogens is 276 g/mol. The summed E-state index contributed by atoms with van der Waals surface area (Å²) in [6.07, 6.45) is 1.49. The molecule has 7 heteroatoms. The van der Waals surface area contributed by atoms with Crippen LogP contribution < -0.4 is 0 Å². The maximum Gasteiger partial charge on any atom is 0.345 e. The van der Waals surface area contributed by atoms with Crippen LogP contribution in [0.25, 0.3) is 0 Å². The molecule has 1 aliphatic rings. The molecular formula is C11H14O5S2. The van der Waals surface area contributed by atoms with Crippen molar-refractivity contribution in [2.24, 2.45) is 0 Å². The number of carbonyl (C=O) groups is 1. The summed E-state index contributed by atoms with van der Waals surface area (Å²) in [7, 11) is -3.24. The Morgan fingerprint density at radius 2 is 2.28 bits per heavy atom. The fourth-order valence-electron chi connectivity index (χ4n) is 1.91. The zero-order chi connectivity index (χ0) is 13.2. The zero-order valence-corrected chi connectivity index (χ0v) is 11.3. The predicted octanol–water partition coefficient (Wildman–Crippen LogP) is 1.54. The minimum atomic E-state index is -3.24. The number of aromatic carboxylic acids is 1. The molecule has 0 radical (unpaired) electrons. The number of ether oxygens (including phenoxy) is 1. The molecule has 0 bridgehead atoms. The maximum atomic E-state index is 11.9. The van der Waals surface area contributed by atoms with Gasteiger partial charge in [0.25, 0.3) is 0 Å². The lowest BCUT2D eigenvalue weighted by atomic mass is 10.3. The molecule has 1 aliphatic heterocycles. The van der Waals surface area contributed by atoms with Crippen molar-refractivity contribution in [2.75, 3.05) is 12.4 Å². The molecule has 1 saturated heterocycles. The number of rotatable bonds is 5. The van der Waals surface area contributed by atoms with Gasteiger partial charge in [-0.1, -0.05) is 0 Å². The van der Waals surface area contributed by atoms with E-state index < -0.39 is 15.8 Å². The summed E-state index contributed by atoms with van der Waals surface area (Å²) in [4.78, 5) is 11.4. The van der Waals surface area contributed by atoms with E-state index in [1.807, 2.05) is 0 Å². The Morgan fingerprint density at radius 1 is 1.50 bits per heavy atom. The van der Waals surface area contributed by atoms with Gasteiger partial charge in [-0.25, -0.2) is 13.2 Å². The van der Waals surface area contributed by atoms with Crippen molar-refractivity contribution in [3.8, 4) is 0 Å². The van der Waals surface area contributed by atoms with E-state index in [0.29, 0.717) is 11.5 Å². The van der Waals surface area contributed by atoms with Crippen molar-refractivity contribution in [3.63, 3.8) is 0 Å². The van der Waals surface area contributed by atoms with Gasteiger partial charge in [0, 0.05) is 11.5 Å². The first kappa shape index (κ1) is 13.5. The quantitative estimate of drug-likeness (QED) is 0.889. The smallest absolute Gasteiger partial charge is 0.345 e. The Morgan fingerprint density at radius 3 is 2.83 bits per heavy atom. The van der Waals surface area contributed by atoms with Crippen LogP contribution in [-0.4, -0.2) is 38.0 Å². The van der Waals surface area contributed by atoms with E-state index in [4.69, 9.17) is 9.84 Å². The monoisotopic (exact) mass is 290 g/mol. The second kappa shape index (κ2) is 5.38. The topological polar surface area (TPSA) is 80.7 Å². The molecule has 0 saturated carbocycles. The Balaban J connectivity index is 2.00. The second-order valence-corrected chi connectivity index (χ2v) is 7.54. The van der Waals surface area contributed by atoms with Crippen molar-refractivity contribution in [3.05, 3.63) is 21.9 Å². The third-order valence-corrected chi connectivity index (χ3v) is 5.58. The highest BCUT2D eigenvalue weighted by atomic mass is 32.2. The van der Waals surface area contributed by atoms with Crippen LogP contribution in [-0.2, 0) is 20.3 Å². The summed E-state index contributed by atoms with van der Waals surface area (Å²) >= 11 is 1.01. The van der Waals surface area contributed by atoms with E-state index >= 15 is 0 Å². The Bertz CT molecular complexity index is 525. The number of carboxylic acid groups (broad SMARTS) is 1. The second-order valence-electron chi connectivity index (χ2n) is 4.26. The molecule has 1 unspecified atom stereocenters. The SMILES string of the molecule is O=C(O)c1ccc(CS(=O)(=O)CC2CCCO2)s1. The van der Waals surface area contributed by atoms with Gasteiger partial charge in [-0.2, -0.15) is 0 Å². The van der Waals surface area contributed by atoms with Crippen LogP contribution in [0.1, 0.15) is 27.4 Å². The number of carboxylic acids is 1. The largest absolute Gasteiger partial charge is 0.477 e. The lowest BCUT2D eigenvalue weighted by Gasteiger charge is -2.09. The molecule has 5 nitrogen and oxygen atoms in total. The number of hydrogen-bond donors (Lipinski definition) is 1. The van der Waals surface area contributed by atoms with E-state index in [2.05, 4.69) is 0 Å². The van der Waals surface area contributed by atoms with Gasteiger partial charge < -0.3 is 9.84 Å². The number of thiophene rings is 1. The van der Waals surface area contributed by atoms with Crippen molar-refractivity contribution < 1.29 is 23.1 Å². The van der Waals surface area contributed by atoms with Gasteiger partial charge in [0.1, 0.15) is 4.88 Å². The van der Waals surface area contributed by atoms with Crippen molar-refractivity contribution in [1.82, 2.24) is 0 Å². The summed E-state index contributed by atoms with van der Waals surface area (Å²) in [5, 5.41) is 8.77. The molecule has 0 spiro atoms. The molecule has 1 fully saturated rings. The highest BCUT2D eigenvalue weighted by Gasteiger charge is 2.24. The average Bonchev–Trinajstić information content (AvgIpc) is 2.87. The lowest BCUT2D eigenvalue weighted by Crippen LogP contribution is -2.21. The van der Waals surface area contributed by atoms with Crippen LogP contribution in [0.5, 0.6) is 0 Å². The van der Waals surface area contributed by atoms with Gasteiger partial charge in [0.05, 0.1) is 17.6 Å². The van der Waals surface area contributed by atoms with Crippen molar-refractivity contribution in [1.29, 1.82) is 0 Å². The number of sulfone groups is 1. The molecule has 18 heavy (non-hydrogen) atoms. The van der Waals surface area contributed by atoms with Gasteiger partial charge >= 0.3 is 5.97 Å². The minimum absolute atomic E-state index is 0.0211. The summed E-state index contributed by atoms with van der Waals surface area (Å²) < 4.78 is 29.1. The highest BCUT2D eigenvalue weighted by Crippen LogP contribution is 2.21. The third kappa shape index (κ3) is 3.54. The molecule has 1 N–H and O–H groups in total. The molecule has 2 rings (SSSR count). The van der Waals surface area contributed by atoms with Gasteiger partial charge in [-0.05, 0) is 25.0 Å². The van der Waals surface area contributed by atoms with Crippen LogP contribution in [0.4, 0.5) is 0 Å². The molecule has 1 atom stereocenters. The molecule has 0 amide bonds. The molecule has 0 aromatic carbocycles. The standard InChI is InChI=1S/C11H14O5S2/c12-11(13)10-4-3-9(17-10)7-18(14,15)6-8-2-1-5-16-8/h3-4,8H,1-2,5-7H2,(H,12,13). The molecule has 2 heterocycles. The highest BCUT2D eigenvalue weighted by molar-refractivity contribution is 7.90. The fraction of sp³-hybridized carbons (Fsp3) is 0.545. The van der Waals surface area contributed by atoms with Crippen LogP contribution in [0.2, 0.25) is 0 Å². The molecule has 100 valence electrons. The lowest BCUT2D eigenvalue weighted by molar-refractivity contribution is 0.0702. The normalized spacial score (nSPS) is 20.1. The van der Waals surface area contributed by atoms with Crippen LogP contribution in [0, 0.1) is 0 Å². The first-order valence-electron chi connectivity index (χ1n) is 5.60. The predicted molar refractivity (Wildman–Crippen MR) is 67.7 cm³/mol. The van der Waals surface area contributed by atoms with Crippen molar-refractivity contribution >= 4 is 27.1 Å². The van der Waals surface area contributed by atoms with Gasteiger partial charge in [0.2, 0.25) is 0 Å². The zero-order valence-electron chi connectivity index (χ0n) is 9.66. The van der Waals surface area contributed by atoms with Crippen LogP contribution >= 0.6 is 11.3 Å². The maximum absolute atomic E-state index is 11.9. The minimum Gasteiger partial charge on any atom is -0.477 e. The number of hydrogen-bond acceptors (Lipinski definition) is 5. The van der Waals surface area contributed by atoms with E-state index in [1.165, 1.54) is 6.07 Å². The molecule has 1 aromatic heterocycles. The molecule has 0 aliphatic carbocycles. The van der Waals surface area contributed by atoms with Crippen molar-refractivity contribution in [2.45, 2.75) is 24.7 Å². The van der Waals surface area contributed by atoms with E-state index in [9.17, 15) is 13.2 Å². The van der Waals surface area contributed by atoms with E-state index in [-0.39, 0.29) is 22.5 Å². The Kier molecular flexibility index (Phi) is 4.04. The fourth-order valence-corrected chi connectivity index (χ4v) is 4.80. The Hall–Kier alpha value is -0.920. The molecule has 1 aromatic rings. The summed E-state index contributed by atoms with van der Waals surface area (Å²) in [6, 6.07) is 2.99. The summed E-state index contributed by atoms with van der Waals surface area (Å²) in [5.74, 6) is -1.11. The van der Waals surface area contributed by atoms with Gasteiger partial charge in [-0.3, -0.25) is 0 Å². The van der Waals surface area contributed by atoms with Gasteiger partial charge in [-0.15, -0.1) is 11.3 Å². The first-order valence-corrected chi connectivity index (χ1v) is 8.24. The average molecular weight is 290 g/mol. The summed E-state index contributed by atoms with van der Waals surface area (Å²) in [6.45, 7) is 0.627. The van der Waals surface area contributed by atoms with E-state index in [1.54, 1.807) is 6.07 Å². The van der Waals surface area contributed by atoms with E-state index in [0.717, 1.165) is 24.2 Å². The van der Waals surface area contributed by atoms with Crippen LogP contribution in [0.3, 0.4) is 0 Å². The third-order valence-electron chi connectivity index (χ3n) is 2.70.